The molecule has 0 saturated carbocycles. The molecule has 0 aliphatic heterocycles. The number of rotatable bonds is 0. The van der Waals surface area contributed by atoms with E-state index < -0.39 is 0 Å². The van der Waals surface area contributed by atoms with E-state index in [0.717, 1.165) is 5.39 Å². The minimum Gasteiger partial charge on any atom is -0.236 e. The van der Waals surface area contributed by atoms with Crippen molar-refractivity contribution in [2.45, 2.75) is 0 Å². The summed E-state index contributed by atoms with van der Waals surface area (Å²) in [5.74, 6) is 0. The summed E-state index contributed by atoms with van der Waals surface area (Å²) >= 11 is 0. The highest BCUT2D eigenvalue weighted by Crippen LogP contribution is 2.13. The summed E-state index contributed by atoms with van der Waals surface area (Å²) in [5, 5.41) is 13.8. The van der Waals surface area contributed by atoms with Gasteiger partial charge >= 0.3 is 0 Å². The molecular formula is C10H5N5. The normalized spacial score (nSPS) is 10.6. The zero-order valence-corrected chi connectivity index (χ0v) is 7.62. The molecule has 0 atom stereocenters. The van der Waals surface area contributed by atoms with Crippen molar-refractivity contribution >= 4 is 16.7 Å². The van der Waals surface area contributed by atoms with Gasteiger partial charge in [-0.2, -0.15) is 14.9 Å². The molecule has 5 nitrogen and oxygen atoms in total. The summed E-state index contributed by atoms with van der Waals surface area (Å²) in [7, 11) is 0. The number of hydrogen-bond donors (Lipinski definition) is 0. The van der Waals surface area contributed by atoms with Crippen LogP contribution in [0.3, 0.4) is 0 Å². The molecule has 0 aliphatic rings. The molecule has 0 bridgehead atoms. The molecule has 0 saturated heterocycles. The van der Waals surface area contributed by atoms with Crippen LogP contribution in [-0.4, -0.2) is 19.6 Å². The summed E-state index contributed by atoms with van der Waals surface area (Å²) in [4.78, 5) is 8.39. The van der Waals surface area contributed by atoms with E-state index in [0.29, 0.717) is 16.9 Å². The molecule has 0 spiro atoms. The highest BCUT2D eigenvalue weighted by Gasteiger charge is 2.07. The molecule has 0 aliphatic carbocycles. The summed E-state index contributed by atoms with van der Waals surface area (Å²) in [5.41, 5.74) is 1.72. The third-order valence-corrected chi connectivity index (χ3v) is 2.21. The van der Waals surface area contributed by atoms with E-state index in [4.69, 9.17) is 5.26 Å². The van der Waals surface area contributed by atoms with Crippen LogP contribution < -0.4 is 0 Å². The Morgan fingerprint density at radius 2 is 2.13 bits per heavy atom. The van der Waals surface area contributed by atoms with Gasteiger partial charge in [0.1, 0.15) is 11.6 Å². The zero-order chi connectivity index (χ0) is 10.3. The Labute approximate surface area is 84.6 Å². The highest BCUT2D eigenvalue weighted by molar-refractivity contribution is 5.77. The zero-order valence-electron chi connectivity index (χ0n) is 7.62. The average Bonchev–Trinajstić information content (AvgIpc) is 2.72. The van der Waals surface area contributed by atoms with Gasteiger partial charge in [-0.1, -0.05) is 0 Å². The van der Waals surface area contributed by atoms with E-state index in [2.05, 4.69) is 15.1 Å². The van der Waals surface area contributed by atoms with E-state index in [1.54, 1.807) is 16.9 Å². The van der Waals surface area contributed by atoms with E-state index >= 15 is 0 Å². The molecule has 3 aromatic heterocycles. The van der Waals surface area contributed by atoms with E-state index in [-0.39, 0.29) is 0 Å². The molecule has 0 aromatic carbocycles. The van der Waals surface area contributed by atoms with Crippen LogP contribution in [0.25, 0.3) is 16.7 Å². The minimum atomic E-state index is 0.461. The third kappa shape index (κ3) is 0.987. The first kappa shape index (κ1) is 7.88. The Morgan fingerprint density at radius 3 is 3.00 bits per heavy atom. The first-order chi connectivity index (χ1) is 7.40. The van der Waals surface area contributed by atoms with Gasteiger partial charge in [0.15, 0.2) is 11.3 Å². The predicted octanol–water partition coefficient (Wildman–Crippen LogP) is 1.15. The number of aromatic nitrogens is 4. The Bertz CT molecular complexity index is 692. The van der Waals surface area contributed by atoms with Gasteiger partial charge < -0.3 is 0 Å². The van der Waals surface area contributed by atoms with Gasteiger partial charge in [-0.15, -0.1) is 0 Å². The molecule has 0 amide bonds. The lowest BCUT2D eigenvalue weighted by molar-refractivity contribution is 0.963. The highest BCUT2D eigenvalue weighted by atomic mass is 15.3. The maximum absolute atomic E-state index is 8.83. The first-order valence-electron chi connectivity index (χ1n) is 4.38. The van der Waals surface area contributed by atoms with Crippen molar-refractivity contribution in [1.82, 2.24) is 19.6 Å². The Kier molecular flexibility index (Phi) is 1.45. The van der Waals surface area contributed by atoms with Crippen LogP contribution in [0.4, 0.5) is 0 Å². The Balaban J connectivity index is 2.57. The fourth-order valence-electron chi connectivity index (χ4n) is 1.52. The number of nitrogens with zero attached hydrogens (tertiary/aromatic N) is 5. The Hall–Kier alpha value is -2.48. The van der Waals surface area contributed by atoms with Crippen molar-refractivity contribution in [1.29, 1.82) is 5.26 Å². The van der Waals surface area contributed by atoms with Crippen molar-refractivity contribution in [3.63, 3.8) is 0 Å². The van der Waals surface area contributed by atoms with E-state index in [1.807, 2.05) is 18.2 Å². The molecule has 3 heterocycles. The van der Waals surface area contributed by atoms with Crippen molar-refractivity contribution in [3.05, 3.63) is 36.3 Å². The summed E-state index contributed by atoms with van der Waals surface area (Å²) in [6.45, 7) is 0. The first-order valence-corrected chi connectivity index (χ1v) is 4.38. The monoisotopic (exact) mass is 195 g/mol. The number of nitriles is 1. The van der Waals surface area contributed by atoms with Crippen LogP contribution in [0.15, 0.2) is 30.7 Å². The molecule has 0 N–H and O–H groups in total. The second kappa shape index (κ2) is 2.75. The molecule has 5 heteroatoms. The summed E-state index contributed by atoms with van der Waals surface area (Å²) < 4.78 is 1.58. The van der Waals surface area contributed by atoms with Gasteiger partial charge in [-0.3, -0.25) is 0 Å². The number of pyridine rings is 1. The van der Waals surface area contributed by atoms with Crippen molar-refractivity contribution in [2.24, 2.45) is 0 Å². The lowest BCUT2D eigenvalue weighted by Gasteiger charge is -1.98. The van der Waals surface area contributed by atoms with E-state index in [9.17, 15) is 0 Å². The molecule has 0 radical (unpaired) electrons. The quantitative estimate of drug-likeness (QED) is 0.539. The van der Waals surface area contributed by atoms with Gasteiger partial charge in [0.2, 0.25) is 0 Å². The summed E-state index contributed by atoms with van der Waals surface area (Å²) in [6.07, 6.45) is 4.88. The van der Waals surface area contributed by atoms with Crippen LogP contribution in [0.1, 0.15) is 5.56 Å². The van der Waals surface area contributed by atoms with Crippen LogP contribution >= 0.6 is 0 Å². The van der Waals surface area contributed by atoms with Gasteiger partial charge in [0, 0.05) is 17.8 Å². The van der Waals surface area contributed by atoms with Crippen molar-refractivity contribution < 1.29 is 0 Å². The number of hydrogen-bond acceptors (Lipinski definition) is 4. The standard InChI is InChI=1S/C10H5N5/c11-4-8-6-14-15-9-7(2-1-3-12-9)5-13-10(8)15/h1-3,5-6H. The molecule has 70 valence electrons. The topological polar surface area (TPSA) is 66.9 Å². The van der Waals surface area contributed by atoms with Gasteiger partial charge in [0.25, 0.3) is 0 Å². The van der Waals surface area contributed by atoms with Gasteiger partial charge in [0.05, 0.1) is 6.20 Å². The lowest BCUT2D eigenvalue weighted by atomic mass is 10.3. The molecule has 15 heavy (non-hydrogen) atoms. The maximum Gasteiger partial charge on any atom is 0.175 e. The maximum atomic E-state index is 8.83. The van der Waals surface area contributed by atoms with Crippen LogP contribution in [0.2, 0.25) is 0 Å². The van der Waals surface area contributed by atoms with Gasteiger partial charge in [-0.05, 0) is 12.1 Å². The third-order valence-electron chi connectivity index (χ3n) is 2.21. The van der Waals surface area contributed by atoms with Gasteiger partial charge in [-0.25, -0.2) is 9.97 Å². The minimum absolute atomic E-state index is 0.461. The molecular weight excluding hydrogens is 190 g/mol. The molecule has 0 fully saturated rings. The van der Waals surface area contributed by atoms with Crippen molar-refractivity contribution in [3.8, 4) is 6.07 Å². The smallest absolute Gasteiger partial charge is 0.175 e. The predicted molar refractivity (Wildman–Crippen MR) is 53.0 cm³/mol. The lowest BCUT2D eigenvalue weighted by Crippen LogP contribution is -1.94. The fourth-order valence-corrected chi connectivity index (χ4v) is 1.52. The SMILES string of the molecule is N#Cc1cnn2c1ncc1cccnc12. The second-order valence-corrected chi connectivity index (χ2v) is 3.08. The van der Waals surface area contributed by atoms with E-state index in [1.165, 1.54) is 6.20 Å². The Morgan fingerprint density at radius 1 is 1.20 bits per heavy atom. The average molecular weight is 195 g/mol. The fraction of sp³-hybridized carbons (Fsp3) is 0. The largest absolute Gasteiger partial charge is 0.236 e. The summed E-state index contributed by atoms with van der Waals surface area (Å²) in [6, 6.07) is 5.78. The molecule has 3 aromatic rings. The second-order valence-electron chi connectivity index (χ2n) is 3.08. The molecule has 0 unspecified atom stereocenters. The molecule has 3 rings (SSSR count). The van der Waals surface area contributed by atoms with Crippen LogP contribution in [0.5, 0.6) is 0 Å². The number of fused-ring (bicyclic) bond motifs is 3. The van der Waals surface area contributed by atoms with Crippen LogP contribution in [0, 0.1) is 11.3 Å². The van der Waals surface area contributed by atoms with Crippen LogP contribution in [-0.2, 0) is 0 Å². The van der Waals surface area contributed by atoms with Crippen molar-refractivity contribution in [2.75, 3.05) is 0 Å².